The molecule has 0 aromatic carbocycles. The van der Waals surface area contributed by atoms with Gasteiger partial charge in [-0.15, -0.1) is 0 Å². The molecule has 2 aliphatic rings. The van der Waals surface area contributed by atoms with E-state index >= 15 is 0 Å². The van der Waals surface area contributed by atoms with Gasteiger partial charge >= 0.3 is 0 Å². The van der Waals surface area contributed by atoms with Crippen LogP contribution in [-0.4, -0.2) is 21.1 Å². The fraction of sp³-hybridized carbons (Fsp3) is 0.647. The molecule has 0 aliphatic heterocycles. The molecular formula is C17H24N4. The van der Waals surface area contributed by atoms with Crippen molar-refractivity contribution in [3.63, 3.8) is 0 Å². The maximum atomic E-state index is 6.28. The first-order valence-corrected chi connectivity index (χ1v) is 8.38. The minimum Gasteiger partial charge on any atom is -0.329 e. The fourth-order valence-corrected chi connectivity index (χ4v) is 3.91. The molecule has 2 heterocycles. The topological polar surface area (TPSA) is 56.7 Å². The third kappa shape index (κ3) is 2.16. The lowest BCUT2D eigenvalue weighted by Gasteiger charge is -2.31. The third-order valence-corrected chi connectivity index (χ3v) is 5.29. The fourth-order valence-electron chi connectivity index (χ4n) is 3.91. The normalized spacial score (nSPS) is 22.3. The summed E-state index contributed by atoms with van der Waals surface area (Å²) >= 11 is 0. The first kappa shape index (κ1) is 13.3. The first-order valence-electron chi connectivity index (χ1n) is 8.38. The second-order valence-corrected chi connectivity index (χ2v) is 6.78. The van der Waals surface area contributed by atoms with E-state index in [2.05, 4.69) is 15.6 Å². The molecule has 0 atom stereocenters. The molecule has 2 aromatic heterocycles. The van der Waals surface area contributed by atoms with Crippen LogP contribution < -0.4 is 5.73 Å². The van der Waals surface area contributed by atoms with Gasteiger partial charge in [0, 0.05) is 24.2 Å². The summed E-state index contributed by atoms with van der Waals surface area (Å²) in [5, 5.41) is 0. The maximum absolute atomic E-state index is 6.28. The van der Waals surface area contributed by atoms with E-state index in [1.165, 1.54) is 57.2 Å². The van der Waals surface area contributed by atoms with Crippen molar-refractivity contribution in [1.82, 2.24) is 14.5 Å². The number of imidazole rings is 1. The second-order valence-electron chi connectivity index (χ2n) is 6.78. The third-order valence-electron chi connectivity index (χ3n) is 5.29. The van der Waals surface area contributed by atoms with E-state index in [-0.39, 0.29) is 5.41 Å². The van der Waals surface area contributed by atoms with E-state index < -0.39 is 0 Å². The number of pyridine rings is 1. The van der Waals surface area contributed by atoms with E-state index in [0.29, 0.717) is 12.6 Å². The van der Waals surface area contributed by atoms with Gasteiger partial charge in [-0.1, -0.05) is 25.7 Å². The highest BCUT2D eigenvalue weighted by atomic mass is 15.2. The molecule has 112 valence electrons. The second kappa shape index (κ2) is 5.09. The van der Waals surface area contributed by atoms with Gasteiger partial charge in [0.25, 0.3) is 0 Å². The highest BCUT2D eigenvalue weighted by Crippen LogP contribution is 2.44. The van der Waals surface area contributed by atoms with Crippen molar-refractivity contribution in [2.75, 3.05) is 6.54 Å². The number of fused-ring (bicyclic) bond motifs is 1. The van der Waals surface area contributed by atoms with Crippen molar-refractivity contribution in [1.29, 1.82) is 0 Å². The monoisotopic (exact) mass is 284 g/mol. The van der Waals surface area contributed by atoms with Gasteiger partial charge in [0.1, 0.15) is 11.3 Å². The van der Waals surface area contributed by atoms with Gasteiger partial charge in [-0.2, -0.15) is 0 Å². The maximum Gasteiger partial charge on any atom is 0.160 e. The van der Waals surface area contributed by atoms with Gasteiger partial charge in [-0.25, -0.2) is 9.97 Å². The lowest BCUT2D eigenvalue weighted by Crippen LogP contribution is -2.37. The number of hydrogen-bond donors (Lipinski definition) is 1. The SMILES string of the molecule is NCC1(c2nc3cccnc3n2C2CC2)CCCCCC1. The van der Waals surface area contributed by atoms with Gasteiger partial charge in [0.05, 0.1) is 0 Å². The van der Waals surface area contributed by atoms with Gasteiger partial charge in [0.15, 0.2) is 5.65 Å². The van der Waals surface area contributed by atoms with Crippen LogP contribution in [0.4, 0.5) is 0 Å². The zero-order chi connectivity index (χ0) is 14.3. The van der Waals surface area contributed by atoms with E-state index in [0.717, 1.165) is 11.2 Å². The van der Waals surface area contributed by atoms with Crippen LogP contribution in [0, 0.1) is 0 Å². The van der Waals surface area contributed by atoms with Gasteiger partial charge in [-0.05, 0) is 37.8 Å². The quantitative estimate of drug-likeness (QED) is 0.880. The summed E-state index contributed by atoms with van der Waals surface area (Å²) in [6.07, 6.45) is 12.0. The zero-order valence-electron chi connectivity index (χ0n) is 12.6. The molecule has 2 saturated carbocycles. The van der Waals surface area contributed by atoms with Crippen molar-refractivity contribution in [2.24, 2.45) is 5.73 Å². The van der Waals surface area contributed by atoms with Crippen LogP contribution in [0.1, 0.15) is 63.2 Å². The molecule has 0 unspecified atom stereocenters. The standard InChI is InChI=1S/C17H24N4/c18-12-17(9-3-1-2-4-10-17)16-20-14-6-5-11-19-15(14)21(16)13-7-8-13/h5-6,11,13H,1-4,7-10,12,18H2. The van der Waals surface area contributed by atoms with Crippen LogP contribution in [-0.2, 0) is 5.41 Å². The minimum atomic E-state index is 0.0692. The van der Waals surface area contributed by atoms with E-state index in [1.807, 2.05) is 12.3 Å². The largest absolute Gasteiger partial charge is 0.329 e. The Morgan fingerprint density at radius 2 is 1.95 bits per heavy atom. The molecule has 2 N–H and O–H groups in total. The summed E-state index contributed by atoms with van der Waals surface area (Å²) in [5.41, 5.74) is 8.45. The Morgan fingerprint density at radius 1 is 1.19 bits per heavy atom. The van der Waals surface area contributed by atoms with Gasteiger partial charge in [-0.3, -0.25) is 0 Å². The van der Waals surface area contributed by atoms with Crippen LogP contribution in [0.3, 0.4) is 0 Å². The van der Waals surface area contributed by atoms with E-state index in [1.54, 1.807) is 0 Å². The van der Waals surface area contributed by atoms with Crippen molar-refractivity contribution < 1.29 is 0 Å². The van der Waals surface area contributed by atoms with Crippen LogP contribution in [0.15, 0.2) is 18.3 Å². The predicted octanol–water partition coefficient (Wildman–Crippen LogP) is 3.32. The molecule has 0 radical (unpaired) electrons. The predicted molar refractivity (Wildman–Crippen MR) is 84.2 cm³/mol. The van der Waals surface area contributed by atoms with E-state index in [4.69, 9.17) is 10.7 Å². The Kier molecular flexibility index (Phi) is 3.21. The molecule has 2 aromatic rings. The zero-order valence-corrected chi connectivity index (χ0v) is 12.6. The lowest BCUT2D eigenvalue weighted by atomic mass is 9.79. The van der Waals surface area contributed by atoms with Crippen LogP contribution in [0.2, 0.25) is 0 Å². The lowest BCUT2D eigenvalue weighted by molar-refractivity contribution is 0.346. The smallest absolute Gasteiger partial charge is 0.160 e. The Bertz CT molecular complexity index is 633. The van der Waals surface area contributed by atoms with Crippen LogP contribution >= 0.6 is 0 Å². The Labute approximate surface area is 125 Å². The molecule has 2 fully saturated rings. The van der Waals surface area contributed by atoms with E-state index in [9.17, 15) is 0 Å². The average Bonchev–Trinajstić information content (AvgIpc) is 3.32. The molecular weight excluding hydrogens is 260 g/mol. The number of hydrogen-bond acceptors (Lipinski definition) is 3. The number of nitrogens with zero attached hydrogens (tertiary/aromatic N) is 3. The number of rotatable bonds is 3. The summed E-state index contributed by atoms with van der Waals surface area (Å²) in [7, 11) is 0. The molecule has 4 rings (SSSR count). The van der Waals surface area contributed by atoms with Crippen molar-refractivity contribution in [3.8, 4) is 0 Å². The highest BCUT2D eigenvalue weighted by molar-refractivity contribution is 5.72. The van der Waals surface area contributed by atoms with Gasteiger partial charge in [0.2, 0.25) is 0 Å². The highest BCUT2D eigenvalue weighted by Gasteiger charge is 2.40. The minimum absolute atomic E-state index is 0.0692. The molecule has 0 amide bonds. The first-order chi connectivity index (χ1) is 10.3. The number of aromatic nitrogens is 3. The Balaban J connectivity index is 1.89. The summed E-state index contributed by atoms with van der Waals surface area (Å²) in [6, 6.07) is 4.68. The molecule has 4 heteroatoms. The molecule has 0 saturated heterocycles. The van der Waals surface area contributed by atoms with Crippen molar-refractivity contribution in [2.45, 2.75) is 62.8 Å². The molecule has 0 spiro atoms. The average molecular weight is 284 g/mol. The summed E-state index contributed by atoms with van der Waals surface area (Å²) in [5.74, 6) is 1.23. The Hall–Kier alpha value is -1.42. The van der Waals surface area contributed by atoms with Crippen molar-refractivity contribution >= 4 is 11.2 Å². The van der Waals surface area contributed by atoms with Crippen LogP contribution in [0.25, 0.3) is 11.2 Å². The molecule has 2 aliphatic carbocycles. The number of nitrogens with two attached hydrogens (primary N) is 1. The van der Waals surface area contributed by atoms with Crippen molar-refractivity contribution in [3.05, 3.63) is 24.2 Å². The van der Waals surface area contributed by atoms with Gasteiger partial charge < -0.3 is 10.3 Å². The Morgan fingerprint density at radius 3 is 2.62 bits per heavy atom. The summed E-state index contributed by atoms with van der Waals surface area (Å²) in [4.78, 5) is 9.61. The van der Waals surface area contributed by atoms with Crippen LogP contribution in [0.5, 0.6) is 0 Å². The molecule has 0 bridgehead atoms. The molecule has 4 nitrogen and oxygen atoms in total. The summed E-state index contributed by atoms with van der Waals surface area (Å²) in [6.45, 7) is 0.711. The summed E-state index contributed by atoms with van der Waals surface area (Å²) < 4.78 is 2.42. The molecule has 21 heavy (non-hydrogen) atoms.